The van der Waals surface area contributed by atoms with E-state index in [-0.39, 0.29) is 0 Å². The fourth-order valence-electron chi connectivity index (χ4n) is 2.20. The van der Waals surface area contributed by atoms with Gasteiger partial charge in [-0.1, -0.05) is 26.7 Å². The van der Waals surface area contributed by atoms with Gasteiger partial charge in [-0.05, 0) is 30.9 Å². The van der Waals surface area contributed by atoms with Gasteiger partial charge in [0, 0.05) is 0 Å². The second kappa shape index (κ2) is 5.06. The average molecular weight is 216 g/mol. The van der Waals surface area contributed by atoms with Crippen LogP contribution in [0.15, 0.2) is 0 Å². The number of carbonyl (C=O) groups is 1. The number of carboxylic acids is 1. The van der Waals surface area contributed by atoms with Crippen LogP contribution < -0.4 is 0 Å². The van der Waals surface area contributed by atoms with Crippen molar-refractivity contribution in [1.29, 1.82) is 0 Å². The Hall–Kier alpha value is -0.180. The highest BCUT2D eigenvalue weighted by molar-refractivity contribution is 8.01. The lowest BCUT2D eigenvalue weighted by molar-refractivity contribution is -0.142. The van der Waals surface area contributed by atoms with Crippen LogP contribution in [0.3, 0.4) is 0 Å². The van der Waals surface area contributed by atoms with Gasteiger partial charge in [-0.3, -0.25) is 4.79 Å². The summed E-state index contributed by atoms with van der Waals surface area (Å²) in [5.74, 6) is 0.699. The Morgan fingerprint density at radius 1 is 1.57 bits per heavy atom. The molecule has 0 radical (unpaired) electrons. The Morgan fingerprint density at radius 3 is 2.79 bits per heavy atom. The van der Waals surface area contributed by atoms with Crippen LogP contribution in [0.1, 0.15) is 46.0 Å². The van der Waals surface area contributed by atoms with Gasteiger partial charge in [-0.2, -0.15) is 0 Å². The topological polar surface area (TPSA) is 37.3 Å². The zero-order valence-electron chi connectivity index (χ0n) is 9.08. The summed E-state index contributed by atoms with van der Waals surface area (Å²) in [7, 11) is 0. The van der Waals surface area contributed by atoms with Crippen molar-refractivity contribution in [2.24, 2.45) is 5.92 Å². The van der Waals surface area contributed by atoms with Crippen LogP contribution >= 0.6 is 11.8 Å². The first-order valence-electron chi connectivity index (χ1n) is 5.51. The van der Waals surface area contributed by atoms with Gasteiger partial charge in [0.15, 0.2) is 0 Å². The lowest BCUT2D eigenvalue weighted by Gasteiger charge is -2.38. The molecule has 0 aromatic rings. The Morgan fingerprint density at radius 2 is 2.29 bits per heavy atom. The molecule has 0 amide bonds. The van der Waals surface area contributed by atoms with E-state index in [0.29, 0.717) is 5.92 Å². The third kappa shape index (κ3) is 2.25. The van der Waals surface area contributed by atoms with Crippen LogP contribution in [-0.2, 0) is 4.79 Å². The average Bonchev–Trinajstić information content (AvgIpc) is 2.16. The normalized spacial score (nSPS) is 32.9. The summed E-state index contributed by atoms with van der Waals surface area (Å²) in [6.45, 7) is 4.20. The first-order chi connectivity index (χ1) is 6.63. The molecule has 2 nitrogen and oxygen atoms in total. The minimum absolute atomic E-state index is 0.324. The minimum atomic E-state index is -0.594. The molecule has 0 aromatic carbocycles. The lowest BCUT2D eigenvalue weighted by Crippen LogP contribution is -2.44. The van der Waals surface area contributed by atoms with Crippen molar-refractivity contribution in [1.82, 2.24) is 0 Å². The van der Waals surface area contributed by atoms with E-state index in [9.17, 15) is 9.90 Å². The maximum Gasteiger partial charge on any atom is 0.320 e. The van der Waals surface area contributed by atoms with Gasteiger partial charge < -0.3 is 5.11 Å². The van der Waals surface area contributed by atoms with E-state index >= 15 is 0 Å². The van der Waals surface area contributed by atoms with Crippen LogP contribution in [0, 0.1) is 5.92 Å². The molecule has 2 unspecified atom stereocenters. The first-order valence-corrected chi connectivity index (χ1v) is 6.49. The Balaban J connectivity index is 2.72. The quantitative estimate of drug-likeness (QED) is 0.784. The summed E-state index contributed by atoms with van der Waals surface area (Å²) >= 11 is 1.66. The SMILES string of the molecule is CCCSC1(C(=O)O)CCCCC1C. The van der Waals surface area contributed by atoms with Gasteiger partial charge in [0.25, 0.3) is 0 Å². The zero-order valence-corrected chi connectivity index (χ0v) is 9.90. The van der Waals surface area contributed by atoms with E-state index < -0.39 is 10.7 Å². The predicted molar refractivity (Wildman–Crippen MR) is 60.7 cm³/mol. The third-order valence-corrected chi connectivity index (χ3v) is 5.07. The Bertz CT molecular complexity index is 205. The van der Waals surface area contributed by atoms with E-state index in [1.165, 1.54) is 6.42 Å². The molecule has 0 bridgehead atoms. The van der Waals surface area contributed by atoms with Crippen LogP contribution in [0.2, 0.25) is 0 Å². The molecule has 82 valence electrons. The summed E-state index contributed by atoms with van der Waals surface area (Å²) in [4.78, 5) is 11.4. The lowest BCUT2D eigenvalue weighted by atomic mass is 9.79. The molecular formula is C11H20O2S. The largest absolute Gasteiger partial charge is 0.480 e. The molecule has 0 aromatic heterocycles. The number of thioether (sulfide) groups is 1. The molecule has 1 N–H and O–H groups in total. The highest BCUT2D eigenvalue weighted by atomic mass is 32.2. The van der Waals surface area contributed by atoms with Gasteiger partial charge in [-0.25, -0.2) is 0 Å². The molecule has 3 heteroatoms. The van der Waals surface area contributed by atoms with Crippen molar-refractivity contribution in [2.75, 3.05) is 5.75 Å². The van der Waals surface area contributed by atoms with E-state index in [1.54, 1.807) is 11.8 Å². The number of carboxylic acid groups (broad SMARTS) is 1. The van der Waals surface area contributed by atoms with Crippen LogP contribution in [0.4, 0.5) is 0 Å². The monoisotopic (exact) mass is 216 g/mol. The summed E-state index contributed by atoms with van der Waals surface area (Å²) in [5.41, 5.74) is 0. The molecule has 2 atom stereocenters. The second-order valence-electron chi connectivity index (χ2n) is 4.19. The van der Waals surface area contributed by atoms with Crippen LogP contribution in [0.5, 0.6) is 0 Å². The molecular weight excluding hydrogens is 196 g/mol. The van der Waals surface area contributed by atoms with Crippen LogP contribution in [-0.4, -0.2) is 21.6 Å². The fraction of sp³-hybridized carbons (Fsp3) is 0.909. The number of hydrogen-bond acceptors (Lipinski definition) is 2. The van der Waals surface area contributed by atoms with Crippen molar-refractivity contribution in [2.45, 2.75) is 50.7 Å². The van der Waals surface area contributed by atoms with E-state index in [0.717, 1.165) is 31.4 Å². The number of hydrogen-bond donors (Lipinski definition) is 1. The Kier molecular flexibility index (Phi) is 4.30. The minimum Gasteiger partial charge on any atom is -0.480 e. The summed E-state index contributed by atoms with van der Waals surface area (Å²) in [5, 5.41) is 9.36. The molecule has 14 heavy (non-hydrogen) atoms. The highest BCUT2D eigenvalue weighted by Gasteiger charge is 2.45. The molecule has 1 fully saturated rings. The first kappa shape index (κ1) is 11.9. The Labute approximate surface area is 90.5 Å². The molecule has 1 saturated carbocycles. The van der Waals surface area contributed by atoms with Crippen molar-refractivity contribution in [3.05, 3.63) is 0 Å². The van der Waals surface area contributed by atoms with E-state index in [1.807, 2.05) is 0 Å². The highest BCUT2D eigenvalue weighted by Crippen LogP contribution is 2.44. The second-order valence-corrected chi connectivity index (χ2v) is 5.62. The fourth-order valence-corrected chi connectivity index (χ4v) is 3.58. The predicted octanol–water partition coefficient (Wildman–Crippen LogP) is 3.16. The zero-order chi connectivity index (χ0) is 10.6. The van der Waals surface area contributed by atoms with Gasteiger partial charge in [-0.15, -0.1) is 11.8 Å². The van der Waals surface area contributed by atoms with Crippen LogP contribution in [0.25, 0.3) is 0 Å². The molecule has 0 aliphatic heterocycles. The molecule has 1 rings (SSSR count). The summed E-state index contributed by atoms with van der Waals surface area (Å²) in [6.07, 6.45) is 5.26. The molecule has 0 saturated heterocycles. The van der Waals surface area contributed by atoms with Crippen molar-refractivity contribution < 1.29 is 9.90 Å². The van der Waals surface area contributed by atoms with Crippen molar-refractivity contribution >= 4 is 17.7 Å². The smallest absolute Gasteiger partial charge is 0.320 e. The number of aliphatic carboxylic acids is 1. The molecule has 0 spiro atoms. The summed E-state index contributed by atoms with van der Waals surface area (Å²) < 4.78 is -0.478. The maximum atomic E-state index is 11.4. The third-order valence-electron chi connectivity index (χ3n) is 3.16. The van der Waals surface area contributed by atoms with E-state index in [2.05, 4.69) is 13.8 Å². The molecule has 0 heterocycles. The van der Waals surface area contributed by atoms with E-state index in [4.69, 9.17) is 0 Å². The van der Waals surface area contributed by atoms with Gasteiger partial charge in [0.1, 0.15) is 4.75 Å². The molecule has 1 aliphatic carbocycles. The van der Waals surface area contributed by atoms with Gasteiger partial charge in [0.05, 0.1) is 0 Å². The number of rotatable bonds is 4. The maximum absolute atomic E-state index is 11.4. The van der Waals surface area contributed by atoms with Gasteiger partial charge >= 0.3 is 5.97 Å². The van der Waals surface area contributed by atoms with Crippen molar-refractivity contribution in [3.63, 3.8) is 0 Å². The van der Waals surface area contributed by atoms with Gasteiger partial charge in [0.2, 0.25) is 0 Å². The molecule has 1 aliphatic rings. The van der Waals surface area contributed by atoms with Crippen molar-refractivity contribution in [3.8, 4) is 0 Å². The standard InChI is InChI=1S/C11H20O2S/c1-3-8-14-11(10(12)13)7-5-4-6-9(11)2/h9H,3-8H2,1-2H3,(H,12,13). The summed E-state index contributed by atoms with van der Waals surface area (Å²) in [6, 6.07) is 0.